The molecule has 1 aliphatic carbocycles. The lowest BCUT2D eigenvalue weighted by atomic mass is 9.96. The summed E-state index contributed by atoms with van der Waals surface area (Å²) in [5, 5.41) is 3.03. The normalized spacial score (nSPS) is 20.1. The van der Waals surface area contributed by atoms with Crippen molar-refractivity contribution in [3.63, 3.8) is 0 Å². The minimum atomic E-state index is -0.114. The molecule has 25 heavy (non-hydrogen) atoms. The van der Waals surface area contributed by atoms with E-state index < -0.39 is 0 Å². The molecule has 0 radical (unpaired) electrons. The molecule has 2 amide bonds. The summed E-state index contributed by atoms with van der Waals surface area (Å²) in [6, 6.07) is 5.16. The smallest absolute Gasteiger partial charge is 0.254 e. The molecule has 2 aliphatic rings. The number of benzene rings is 1. The third-order valence-electron chi connectivity index (χ3n) is 4.97. The molecule has 3 rings (SSSR count). The van der Waals surface area contributed by atoms with Crippen molar-refractivity contribution in [1.29, 1.82) is 0 Å². The number of rotatable bonds is 6. The van der Waals surface area contributed by atoms with Gasteiger partial charge in [-0.1, -0.05) is 0 Å². The summed E-state index contributed by atoms with van der Waals surface area (Å²) in [6.45, 7) is 1.93. The molecule has 6 nitrogen and oxygen atoms in total. The van der Waals surface area contributed by atoms with Gasteiger partial charge < -0.3 is 19.7 Å². The average Bonchev–Trinajstić information content (AvgIpc) is 3.49. The topological polar surface area (TPSA) is 67.9 Å². The van der Waals surface area contributed by atoms with E-state index >= 15 is 0 Å². The van der Waals surface area contributed by atoms with E-state index in [1.807, 2.05) is 0 Å². The van der Waals surface area contributed by atoms with E-state index in [4.69, 9.17) is 9.47 Å². The Morgan fingerprint density at radius 1 is 1.16 bits per heavy atom. The highest BCUT2D eigenvalue weighted by Crippen LogP contribution is 2.29. The monoisotopic (exact) mass is 346 g/mol. The van der Waals surface area contributed by atoms with Crippen LogP contribution in [0.25, 0.3) is 0 Å². The number of carbonyl (C=O) groups is 2. The van der Waals surface area contributed by atoms with Crippen LogP contribution in [-0.4, -0.2) is 50.6 Å². The molecule has 1 N–H and O–H groups in total. The molecule has 6 heteroatoms. The maximum absolute atomic E-state index is 12.8. The van der Waals surface area contributed by atoms with Gasteiger partial charge in [0.1, 0.15) is 0 Å². The summed E-state index contributed by atoms with van der Waals surface area (Å²) in [7, 11) is 3.11. The molecule has 1 aromatic rings. The van der Waals surface area contributed by atoms with Crippen molar-refractivity contribution in [2.24, 2.45) is 11.8 Å². The summed E-state index contributed by atoms with van der Waals surface area (Å²) in [6.07, 6.45) is 4.12. The van der Waals surface area contributed by atoms with E-state index in [-0.39, 0.29) is 17.7 Å². The first-order valence-corrected chi connectivity index (χ1v) is 8.91. The summed E-state index contributed by atoms with van der Waals surface area (Å²) >= 11 is 0. The van der Waals surface area contributed by atoms with Gasteiger partial charge in [-0.15, -0.1) is 0 Å². The zero-order valence-electron chi connectivity index (χ0n) is 14.9. The van der Waals surface area contributed by atoms with Crippen LogP contribution in [0.1, 0.15) is 36.0 Å². The van der Waals surface area contributed by atoms with Crippen molar-refractivity contribution in [1.82, 2.24) is 10.2 Å². The number of methoxy groups -OCH3 is 2. The van der Waals surface area contributed by atoms with Gasteiger partial charge in [0, 0.05) is 25.2 Å². The number of hydrogen-bond acceptors (Lipinski definition) is 4. The number of carbonyl (C=O) groups excluding carboxylic acids is 2. The van der Waals surface area contributed by atoms with Crippen LogP contribution in [0.4, 0.5) is 0 Å². The van der Waals surface area contributed by atoms with Crippen molar-refractivity contribution in [3.8, 4) is 11.5 Å². The summed E-state index contributed by atoms with van der Waals surface area (Å²) in [4.78, 5) is 26.9. The zero-order valence-corrected chi connectivity index (χ0v) is 14.9. The van der Waals surface area contributed by atoms with Gasteiger partial charge in [0.2, 0.25) is 5.91 Å². The molecule has 1 aliphatic heterocycles. The molecule has 0 bridgehead atoms. The Morgan fingerprint density at radius 2 is 1.92 bits per heavy atom. The van der Waals surface area contributed by atoms with Crippen LogP contribution >= 0.6 is 0 Å². The maximum atomic E-state index is 12.8. The number of amides is 2. The fourth-order valence-corrected chi connectivity index (χ4v) is 3.24. The third kappa shape index (κ3) is 4.24. The van der Waals surface area contributed by atoms with E-state index in [1.54, 1.807) is 37.3 Å². The van der Waals surface area contributed by atoms with E-state index in [0.717, 1.165) is 19.4 Å². The summed E-state index contributed by atoms with van der Waals surface area (Å²) < 4.78 is 10.5. The highest BCUT2D eigenvalue weighted by Gasteiger charge is 2.30. The Kier molecular flexibility index (Phi) is 5.46. The summed E-state index contributed by atoms with van der Waals surface area (Å²) in [5.41, 5.74) is 0.552. The zero-order chi connectivity index (χ0) is 17.8. The first kappa shape index (κ1) is 17.6. The van der Waals surface area contributed by atoms with Gasteiger partial charge in [-0.05, 0) is 49.8 Å². The van der Waals surface area contributed by atoms with Gasteiger partial charge >= 0.3 is 0 Å². The van der Waals surface area contributed by atoms with E-state index in [9.17, 15) is 9.59 Å². The molecule has 1 saturated carbocycles. The summed E-state index contributed by atoms with van der Waals surface area (Å²) in [5.74, 6) is 1.69. The highest BCUT2D eigenvalue weighted by molar-refractivity contribution is 5.95. The van der Waals surface area contributed by atoms with Crippen molar-refractivity contribution >= 4 is 11.8 Å². The molecule has 0 spiro atoms. The number of ether oxygens (including phenoxy) is 2. The van der Waals surface area contributed by atoms with Crippen molar-refractivity contribution in [3.05, 3.63) is 23.8 Å². The van der Waals surface area contributed by atoms with Crippen LogP contribution < -0.4 is 14.8 Å². The molecule has 1 saturated heterocycles. The lowest BCUT2D eigenvalue weighted by Crippen LogP contribution is -2.45. The fraction of sp³-hybridized carbons (Fsp3) is 0.579. The van der Waals surface area contributed by atoms with Crippen LogP contribution in [-0.2, 0) is 4.79 Å². The van der Waals surface area contributed by atoms with Gasteiger partial charge in [0.15, 0.2) is 11.5 Å². The molecule has 1 heterocycles. The molecule has 1 atom stereocenters. The predicted molar refractivity (Wildman–Crippen MR) is 93.9 cm³/mol. The predicted octanol–water partition coefficient (Wildman–Crippen LogP) is 2.08. The van der Waals surface area contributed by atoms with Crippen LogP contribution in [0.15, 0.2) is 18.2 Å². The second-order valence-corrected chi connectivity index (χ2v) is 6.85. The Labute approximate surface area is 148 Å². The third-order valence-corrected chi connectivity index (χ3v) is 4.97. The minimum Gasteiger partial charge on any atom is -0.493 e. The quantitative estimate of drug-likeness (QED) is 0.856. The Bertz CT molecular complexity index is 642. The highest BCUT2D eigenvalue weighted by atomic mass is 16.5. The number of nitrogens with one attached hydrogen (secondary N) is 1. The average molecular weight is 346 g/mol. The lowest BCUT2D eigenvalue weighted by molar-refractivity contribution is -0.126. The van der Waals surface area contributed by atoms with Gasteiger partial charge in [-0.2, -0.15) is 0 Å². The van der Waals surface area contributed by atoms with Crippen molar-refractivity contribution in [2.75, 3.05) is 33.9 Å². The second kappa shape index (κ2) is 7.76. The molecule has 136 valence electrons. The number of hydrogen-bond donors (Lipinski definition) is 1. The van der Waals surface area contributed by atoms with Gasteiger partial charge in [0.05, 0.1) is 20.1 Å². The largest absolute Gasteiger partial charge is 0.493 e. The lowest BCUT2D eigenvalue weighted by Gasteiger charge is -2.32. The van der Waals surface area contributed by atoms with Crippen LogP contribution in [0.5, 0.6) is 11.5 Å². The molecular formula is C19H26N2O4. The van der Waals surface area contributed by atoms with Gasteiger partial charge in [0.25, 0.3) is 5.91 Å². The molecule has 2 fully saturated rings. The van der Waals surface area contributed by atoms with Crippen LogP contribution in [0.3, 0.4) is 0 Å². The van der Waals surface area contributed by atoms with Crippen LogP contribution in [0, 0.1) is 11.8 Å². The van der Waals surface area contributed by atoms with E-state index in [0.29, 0.717) is 36.1 Å². The second-order valence-electron chi connectivity index (χ2n) is 6.85. The van der Waals surface area contributed by atoms with E-state index in [2.05, 4.69) is 5.32 Å². The minimum absolute atomic E-state index is 0.0688. The standard InChI is InChI=1S/C19H26N2O4/c1-24-16-8-7-14(10-17(16)25-2)19(23)21-9-3-4-15(12-21)18(22)20-11-13-5-6-13/h7-8,10,13,15H,3-6,9,11-12H2,1-2H3,(H,20,22)/t15-/m1/s1. The number of piperidine rings is 1. The first-order chi connectivity index (χ1) is 12.1. The fourth-order valence-electron chi connectivity index (χ4n) is 3.24. The van der Waals surface area contributed by atoms with Crippen molar-refractivity contribution < 1.29 is 19.1 Å². The maximum Gasteiger partial charge on any atom is 0.254 e. The molecular weight excluding hydrogens is 320 g/mol. The number of nitrogens with zero attached hydrogens (tertiary/aromatic N) is 1. The van der Waals surface area contributed by atoms with E-state index in [1.165, 1.54) is 12.8 Å². The number of likely N-dealkylation sites (tertiary alicyclic amines) is 1. The molecule has 0 aromatic heterocycles. The Morgan fingerprint density at radius 3 is 2.60 bits per heavy atom. The van der Waals surface area contributed by atoms with Gasteiger partial charge in [-0.3, -0.25) is 9.59 Å². The SMILES string of the molecule is COc1ccc(C(=O)N2CCC[C@@H](C(=O)NCC3CC3)C2)cc1OC. The molecule has 0 unspecified atom stereocenters. The van der Waals surface area contributed by atoms with Gasteiger partial charge in [-0.25, -0.2) is 0 Å². The van der Waals surface area contributed by atoms with Crippen LogP contribution in [0.2, 0.25) is 0 Å². The Balaban J connectivity index is 1.63. The first-order valence-electron chi connectivity index (χ1n) is 8.91. The Hall–Kier alpha value is -2.24. The van der Waals surface area contributed by atoms with Crippen molar-refractivity contribution in [2.45, 2.75) is 25.7 Å². The molecule has 1 aromatic carbocycles.